The molecule has 0 unspecified atom stereocenters. The summed E-state index contributed by atoms with van der Waals surface area (Å²) in [4.78, 5) is 75.7. The third-order valence-corrected chi connectivity index (χ3v) is 9.07. The van der Waals surface area contributed by atoms with Crippen molar-refractivity contribution in [3.8, 4) is 11.1 Å². The highest BCUT2D eigenvalue weighted by Gasteiger charge is 2.30. The minimum Gasteiger partial charge on any atom is -0.467 e. The Bertz CT molecular complexity index is 1720. The maximum Gasteiger partial charge on any atom is 0.407 e. The van der Waals surface area contributed by atoms with Crippen molar-refractivity contribution in [1.29, 1.82) is 0 Å². The van der Waals surface area contributed by atoms with Gasteiger partial charge < -0.3 is 41.2 Å². The Labute approximate surface area is 314 Å². The first-order valence-corrected chi connectivity index (χ1v) is 18.0. The van der Waals surface area contributed by atoms with Gasteiger partial charge in [0.2, 0.25) is 17.7 Å². The molecule has 1 aliphatic carbocycles. The predicted octanol–water partition coefficient (Wildman–Crippen LogP) is 3.21. The summed E-state index contributed by atoms with van der Waals surface area (Å²) >= 11 is 0. The van der Waals surface area contributed by atoms with Crippen LogP contribution in [0.25, 0.3) is 11.1 Å². The number of fused-ring (bicyclic) bond motifs is 3. The van der Waals surface area contributed by atoms with Crippen LogP contribution in [-0.2, 0) is 44.8 Å². The number of carbonyl (C=O) groups is 6. The van der Waals surface area contributed by atoms with Crippen LogP contribution < -0.4 is 27.0 Å². The highest BCUT2D eigenvalue weighted by molar-refractivity contribution is 5.94. The number of rotatable bonds is 19. The van der Waals surface area contributed by atoms with E-state index in [1.807, 2.05) is 66.7 Å². The molecule has 288 valence electrons. The molecule has 0 saturated heterocycles. The first-order valence-electron chi connectivity index (χ1n) is 18.0. The maximum absolute atomic E-state index is 13.3. The Morgan fingerprint density at radius 3 is 1.96 bits per heavy atom. The fourth-order valence-corrected chi connectivity index (χ4v) is 6.03. The number of amides is 4. The molecule has 6 N–H and O–H groups in total. The monoisotopic (exact) mass is 743 g/mol. The van der Waals surface area contributed by atoms with Gasteiger partial charge in [0.15, 0.2) is 0 Å². The van der Waals surface area contributed by atoms with Gasteiger partial charge in [-0.1, -0.05) is 78.9 Å². The largest absolute Gasteiger partial charge is 0.467 e. The van der Waals surface area contributed by atoms with Crippen LogP contribution in [0.4, 0.5) is 4.79 Å². The molecule has 3 aromatic rings. The summed E-state index contributed by atoms with van der Waals surface area (Å²) in [6, 6.07) is 21.0. The number of esters is 2. The zero-order valence-corrected chi connectivity index (χ0v) is 30.8. The van der Waals surface area contributed by atoms with Gasteiger partial charge in [-0.2, -0.15) is 0 Å². The lowest BCUT2D eigenvalue weighted by Crippen LogP contribution is -2.56. The van der Waals surface area contributed by atoms with Gasteiger partial charge in [0, 0.05) is 18.9 Å². The van der Waals surface area contributed by atoms with E-state index in [0.717, 1.165) is 27.8 Å². The highest BCUT2D eigenvalue weighted by atomic mass is 16.5. The average molecular weight is 744 g/mol. The lowest BCUT2D eigenvalue weighted by Gasteiger charge is -2.23. The molecule has 0 aliphatic heterocycles. The molecular weight excluding hydrogens is 694 g/mol. The summed E-state index contributed by atoms with van der Waals surface area (Å²) in [5, 5.41) is 10.4. The quantitative estimate of drug-likeness (QED) is 0.0689. The fourth-order valence-electron chi connectivity index (χ4n) is 6.03. The Morgan fingerprint density at radius 2 is 1.31 bits per heavy atom. The van der Waals surface area contributed by atoms with E-state index in [1.54, 1.807) is 0 Å². The summed E-state index contributed by atoms with van der Waals surface area (Å²) in [6.07, 6.45) is 0.257. The summed E-state index contributed by atoms with van der Waals surface area (Å²) in [6.45, 7) is 3.37. The number of nitrogens with one attached hydrogen (secondary N) is 4. The van der Waals surface area contributed by atoms with E-state index in [1.165, 1.54) is 21.0 Å². The van der Waals surface area contributed by atoms with Gasteiger partial charge in [0.25, 0.3) is 0 Å². The van der Waals surface area contributed by atoms with E-state index >= 15 is 0 Å². The average Bonchev–Trinajstić information content (AvgIpc) is 3.50. The van der Waals surface area contributed by atoms with Crippen molar-refractivity contribution in [3.63, 3.8) is 0 Å². The van der Waals surface area contributed by atoms with Gasteiger partial charge in [0.1, 0.15) is 31.3 Å². The summed E-state index contributed by atoms with van der Waals surface area (Å²) < 4.78 is 15.5. The van der Waals surface area contributed by atoms with Crippen LogP contribution in [0.1, 0.15) is 68.6 Å². The molecule has 0 radical (unpaired) electrons. The summed E-state index contributed by atoms with van der Waals surface area (Å²) in [5.74, 6) is -3.22. The third-order valence-electron chi connectivity index (χ3n) is 9.07. The van der Waals surface area contributed by atoms with Gasteiger partial charge >= 0.3 is 18.0 Å². The van der Waals surface area contributed by atoms with Crippen LogP contribution in [-0.4, -0.2) is 80.2 Å². The number of methoxy groups -OCH3 is 1. The number of hydrogen-bond acceptors (Lipinski definition) is 10. The standard InChI is InChI=1S/C40H49N5O9/c1-25(36(47)44-26(2)39(50)52-3)43-38(49)34(45-37(48)33(41)20-21-35(46)53-23-27-13-5-4-6-14-27)19-11-12-22-42-40(51)54-24-32-30-17-9-7-15-28(30)29-16-8-10-18-31(29)32/h4-10,13-18,25-26,32-34H,11-12,19-24,41H2,1-3H3,(H,42,51)(H,43,49)(H,44,47)(H,45,48)/t25-,26-,33+,34+/m1/s1. The lowest BCUT2D eigenvalue weighted by atomic mass is 9.98. The minimum atomic E-state index is -1.12. The molecule has 54 heavy (non-hydrogen) atoms. The number of unbranched alkanes of at least 4 members (excludes halogenated alkanes) is 1. The summed E-state index contributed by atoms with van der Waals surface area (Å²) in [7, 11) is 1.19. The Hall–Kier alpha value is -5.76. The van der Waals surface area contributed by atoms with Crippen molar-refractivity contribution in [1.82, 2.24) is 21.3 Å². The second-order valence-corrected chi connectivity index (χ2v) is 13.1. The van der Waals surface area contributed by atoms with Crippen molar-refractivity contribution in [2.45, 2.75) is 82.6 Å². The first kappa shape index (κ1) is 41.0. The van der Waals surface area contributed by atoms with E-state index in [4.69, 9.17) is 15.2 Å². The van der Waals surface area contributed by atoms with Crippen molar-refractivity contribution in [3.05, 3.63) is 95.6 Å². The molecule has 0 saturated carbocycles. The van der Waals surface area contributed by atoms with Crippen LogP contribution in [0, 0.1) is 0 Å². The molecule has 0 aromatic heterocycles. The van der Waals surface area contributed by atoms with E-state index < -0.39 is 59.9 Å². The Morgan fingerprint density at radius 1 is 0.704 bits per heavy atom. The Balaban J connectivity index is 1.26. The second kappa shape index (κ2) is 20.5. The minimum absolute atomic E-state index is 0.0257. The van der Waals surface area contributed by atoms with Gasteiger partial charge in [-0.05, 0) is 67.3 Å². The predicted molar refractivity (Wildman–Crippen MR) is 200 cm³/mol. The van der Waals surface area contributed by atoms with E-state index in [-0.39, 0.29) is 44.9 Å². The van der Waals surface area contributed by atoms with Crippen LogP contribution in [0.3, 0.4) is 0 Å². The number of carbonyl (C=O) groups excluding carboxylic acids is 6. The van der Waals surface area contributed by atoms with Crippen molar-refractivity contribution >= 4 is 35.8 Å². The SMILES string of the molecule is COC(=O)[C@@H](C)NC(=O)[C@@H](C)NC(=O)[C@H](CCCCNC(=O)OCC1c2ccccc2-c2ccccc21)NC(=O)[C@@H](N)CCC(=O)OCc1ccccc1. The van der Waals surface area contributed by atoms with Gasteiger partial charge in [-0.15, -0.1) is 0 Å². The number of benzene rings is 3. The molecule has 0 bridgehead atoms. The number of ether oxygens (including phenoxy) is 3. The van der Waals surface area contributed by atoms with Crippen LogP contribution in [0.2, 0.25) is 0 Å². The number of hydrogen-bond donors (Lipinski definition) is 5. The zero-order chi connectivity index (χ0) is 39.0. The fraction of sp³-hybridized carbons (Fsp3) is 0.400. The van der Waals surface area contributed by atoms with Gasteiger partial charge in [-0.3, -0.25) is 19.2 Å². The molecule has 0 fully saturated rings. The summed E-state index contributed by atoms with van der Waals surface area (Å²) in [5.41, 5.74) is 11.4. The first-order chi connectivity index (χ1) is 26.0. The molecular formula is C40H49N5O9. The molecule has 1 aliphatic rings. The zero-order valence-electron chi connectivity index (χ0n) is 30.8. The van der Waals surface area contributed by atoms with E-state index in [2.05, 4.69) is 38.1 Å². The molecule has 14 heteroatoms. The van der Waals surface area contributed by atoms with Crippen LogP contribution in [0.15, 0.2) is 78.9 Å². The smallest absolute Gasteiger partial charge is 0.407 e. The third kappa shape index (κ3) is 11.9. The molecule has 0 spiro atoms. The highest BCUT2D eigenvalue weighted by Crippen LogP contribution is 2.44. The molecule has 4 rings (SSSR count). The second-order valence-electron chi connectivity index (χ2n) is 13.1. The van der Waals surface area contributed by atoms with Crippen LogP contribution in [0.5, 0.6) is 0 Å². The van der Waals surface area contributed by atoms with Crippen molar-refractivity contribution < 1.29 is 43.0 Å². The topological polar surface area (TPSA) is 204 Å². The lowest BCUT2D eigenvalue weighted by molar-refractivity contribution is -0.145. The van der Waals surface area contributed by atoms with Crippen LogP contribution >= 0.6 is 0 Å². The van der Waals surface area contributed by atoms with E-state index in [9.17, 15) is 28.8 Å². The molecule has 4 amide bonds. The molecule has 14 nitrogen and oxygen atoms in total. The van der Waals surface area contributed by atoms with Crippen molar-refractivity contribution in [2.75, 3.05) is 20.3 Å². The van der Waals surface area contributed by atoms with Crippen molar-refractivity contribution in [2.24, 2.45) is 5.73 Å². The Kier molecular flexibility index (Phi) is 15.5. The van der Waals surface area contributed by atoms with E-state index in [0.29, 0.717) is 12.8 Å². The normalized spacial score (nSPS) is 13.9. The number of nitrogens with two attached hydrogens (primary N) is 1. The van der Waals surface area contributed by atoms with Gasteiger partial charge in [0.05, 0.1) is 13.2 Å². The molecule has 0 heterocycles. The van der Waals surface area contributed by atoms with Gasteiger partial charge in [-0.25, -0.2) is 9.59 Å². The molecule has 4 atom stereocenters. The maximum atomic E-state index is 13.3. The number of alkyl carbamates (subject to hydrolysis) is 1. The molecule has 3 aromatic carbocycles.